The van der Waals surface area contributed by atoms with Crippen molar-refractivity contribution in [2.45, 2.75) is 49.6 Å². The molecule has 1 aromatic carbocycles. The molecule has 30 heavy (non-hydrogen) atoms. The van der Waals surface area contributed by atoms with E-state index in [4.69, 9.17) is 0 Å². The van der Waals surface area contributed by atoms with Crippen LogP contribution >= 0.6 is 0 Å². The third kappa shape index (κ3) is 5.27. The first kappa shape index (κ1) is 22.0. The molecule has 2 N–H and O–H groups in total. The maximum atomic E-state index is 12.7. The first-order valence-electron chi connectivity index (χ1n) is 10.0. The number of carbonyl (C=O) groups excluding carboxylic acids is 1. The highest BCUT2D eigenvalue weighted by Gasteiger charge is 2.25. The van der Waals surface area contributed by atoms with Crippen LogP contribution in [0, 0.1) is 6.92 Å². The van der Waals surface area contributed by atoms with Gasteiger partial charge in [0, 0.05) is 44.2 Å². The summed E-state index contributed by atoms with van der Waals surface area (Å²) in [6.45, 7) is 1.98. The number of sulfone groups is 1. The van der Waals surface area contributed by atoms with Gasteiger partial charge in [-0.3, -0.25) is 4.79 Å². The van der Waals surface area contributed by atoms with Crippen molar-refractivity contribution in [1.82, 2.24) is 15.3 Å². The Morgan fingerprint density at radius 3 is 2.37 bits per heavy atom. The van der Waals surface area contributed by atoms with Crippen LogP contribution in [0.25, 0.3) is 0 Å². The van der Waals surface area contributed by atoms with E-state index in [1.54, 1.807) is 18.2 Å². The van der Waals surface area contributed by atoms with Crippen molar-refractivity contribution in [3.05, 3.63) is 41.6 Å². The largest absolute Gasteiger partial charge is 0.362 e. The van der Waals surface area contributed by atoms with Crippen LogP contribution in [0.15, 0.2) is 35.4 Å². The molecule has 1 aliphatic rings. The van der Waals surface area contributed by atoms with Gasteiger partial charge in [0.2, 0.25) is 5.95 Å². The molecule has 1 heterocycles. The van der Waals surface area contributed by atoms with Gasteiger partial charge >= 0.3 is 0 Å². The Morgan fingerprint density at radius 1 is 1.10 bits per heavy atom. The summed E-state index contributed by atoms with van der Waals surface area (Å²) in [5.74, 6) is 1.15. The van der Waals surface area contributed by atoms with Gasteiger partial charge in [0.25, 0.3) is 5.91 Å². The van der Waals surface area contributed by atoms with Crippen LogP contribution < -0.4 is 15.5 Å². The van der Waals surface area contributed by atoms with E-state index >= 15 is 0 Å². The van der Waals surface area contributed by atoms with E-state index in [0.29, 0.717) is 5.95 Å². The van der Waals surface area contributed by atoms with Gasteiger partial charge in [0.15, 0.2) is 9.84 Å². The maximum absolute atomic E-state index is 12.7. The van der Waals surface area contributed by atoms with Crippen molar-refractivity contribution in [2.24, 2.45) is 0 Å². The summed E-state index contributed by atoms with van der Waals surface area (Å²) < 4.78 is 23.9. The van der Waals surface area contributed by atoms with Gasteiger partial charge in [0.05, 0.1) is 10.5 Å². The summed E-state index contributed by atoms with van der Waals surface area (Å²) >= 11 is 0. The average Bonchev–Trinajstić information content (AvgIpc) is 2.70. The number of aryl methyl sites for hydroxylation is 1. The number of nitrogens with zero attached hydrogens (tertiary/aromatic N) is 3. The molecule has 162 valence electrons. The van der Waals surface area contributed by atoms with E-state index in [0.717, 1.165) is 43.3 Å². The second kappa shape index (κ2) is 8.99. The molecule has 1 amide bonds. The highest BCUT2D eigenvalue weighted by molar-refractivity contribution is 7.90. The molecule has 0 bridgehead atoms. The smallest absolute Gasteiger partial charge is 0.252 e. The van der Waals surface area contributed by atoms with Crippen LogP contribution in [0.3, 0.4) is 0 Å². The number of anilines is 2. The van der Waals surface area contributed by atoms with Crippen LogP contribution in [-0.4, -0.2) is 56.7 Å². The molecule has 1 fully saturated rings. The fraction of sp³-hybridized carbons (Fsp3) is 0.476. The van der Waals surface area contributed by atoms with E-state index in [1.165, 1.54) is 6.07 Å². The maximum Gasteiger partial charge on any atom is 0.252 e. The number of rotatable bonds is 6. The summed E-state index contributed by atoms with van der Waals surface area (Å²) in [7, 11) is 0.443. The lowest BCUT2D eigenvalue weighted by Crippen LogP contribution is -2.40. The average molecular weight is 432 g/mol. The summed E-state index contributed by atoms with van der Waals surface area (Å²) in [5, 5.41) is 6.39. The van der Waals surface area contributed by atoms with Gasteiger partial charge in [-0.25, -0.2) is 13.4 Å². The number of hydrogen-bond acceptors (Lipinski definition) is 7. The second-order valence-corrected chi connectivity index (χ2v) is 10.0. The Labute approximate surface area is 178 Å². The number of carbonyl (C=O) groups is 1. The predicted octanol–water partition coefficient (Wildman–Crippen LogP) is 2.41. The van der Waals surface area contributed by atoms with Crippen molar-refractivity contribution in [1.29, 1.82) is 0 Å². The molecule has 1 aliphatic carbocycles. The zero-order chi connectivity index (χ0) is 21.9. The number of aromatic nitrogens is 2. The van der Waals surface area contributed by atoms with Gasteiger partial charge in [-0.15, -0.1) is 0 Å². The van der Waals surface area contributed by atoms with Crippen molar-refractivity contribution in [3.63, 3.8) is 0 Å². The number of hydrogen-bond donors (Lipinski definition) is 2. The Hall–Kier alpha value is -2.68. The van der Waals surface area contributed by atoms with Gasteiger partial charge in [-0.05, 0) is 44.7 Å². The number of nitrogens with one attached hydrogen (secondary N) is 2. The minimum absolute atomic E-state index is 0.0134. The Bertz CT molecular complexity index is 1020. The first-order chi connectivity index (χ1) is 14.1. The third-order valence-corrected chi connectivity index (χ3v) is 6.45. The van der Waals surface area contributed by atoms with E-state index in [2.05, 4.69) is 20.6 Å². The monoisotopic (exact) mass is 431 g/mol. The standard InChI is InChI=1S/C21H29N5O3S/c1-14-13-22-21(25-19(14)26(2)3)24-16-11-9-15(10-12-16)23-20(27)17-7-5-6-8-18(17)30(4,28)29/h5-8,13,15-16H,9-12H2,1-4H3,(H,23,27)(H,22,24,25). The Morgan fingerprint density at radius 2 is 1.73 bits per heavy atom. The minimum Gasteiger partial charge on any atom is -0.362 e. The molecule has 0 spiro atoms. The molecular formula is C21H29N5O3S. The molecule has 8 nitrogen and oxygen atoms in total. The van der Waals surface area contributed by atoms with Crippen molar-refractivity contribution < 1.29 is 13.2 Å². The van der Waals surface area contributed by atoms with Gasteiger partial charge in [0.1, 0.15) is 5.82 Å². The van der Waals surface area contributed by atoms with Gasteiger partial charge in [-0.1, -0.05) is 12.1 Å². The summed E-state index contributed by atoms with van der Waals surface area (Å²) in [5.41, 5.74) is 1.22. The van der Waals surface area contributed by atoms with Crippen LogP contribution in [0.5, 0.6) is 0 Å². The highest BCUT2D eigenvalue weighted by Crippen LogP contribution is 2.23. The molecule has 1 saturated carbocycles. The zero-order valence-electron chi connectivity index (χ0n) is 17.8. The lowest BCUT2D eigenvalue weighted by Gasteiger charge is -2.30. The minimum atomic E-state index is -3.46. The van der Waals surface area contributed by atoms with E-state index < -0.39 is 9.84 Å². The van der Waals surface area contributed by atoms with Gasteiger partial charge in [-0.2, -0.15) is 4.98 Å². The van der Waals surface area contributed by atoms with E-state index in [1.807, 2.05) is 32.1 Å². The summed E-state index contributed by atoms with van der Waals surface area (Å²) in [4.78, 5) is 23.7. The molecule has 1 aromatic heterocycles. The van der Waals surface area contributed by atoms with Gasteiger partial charge < -0.3 is 15.5 Å². The van der Waals surface area contributed by atoms with Crippen LogP contribution in [0.1, 0.15) is 41.6 Å². The molecule has 9 heteroatoms. The molecule has 0 radical (unpaired) electrons. The molecule has 2 aromatic rings. The molecule has 0 saturated heterocycles. The molecule has 0 aliphatic heterocycles. The fourth-order valence-corrected chi connectivity index (χ4v) is 4.65. The summed E-state index contributed by atoms with van der Waals surface area (Å²) in [6.07, 6.45) is 6.27. The lowest BCUT2D eigenvalue weighted by atomic mass is 9.91. The third-order valence-electron chi connectivity index (χ3n) is 5.30. The second-order valence-electron chi connectivity index (χ2n) is 8.03. The topological polar surface area (TPSA) is 104 Å². The van der Waals surface area contributed by atoms with E-state index in [9.17, 15) is 13.2 Å². The lowest BCUT2D eigenvalue weighted by molar-refractivity contribution is 0.0923. The molecule has 0 atom stereocenters. The van der Waals surface area contributed by atoms with Crippen LogP contribution in [-0.2, 0) is 9.84 Å². The Kier molecular flexibility index (Phi) is 6.60. The van der Waals surface area contributed by atoms with Crippen molar-refractivity contribution in [3.8, 4) is 0 Å². The zero-order valence-corrected chi connectivity index (χ0v) is 18.7. The number of benzene rings is 1. The Balaban J connectivity index is 1.58. The van der Waals surface area contributed by atoms with Crippen molar-refractivity contribution in [2.75, 3.05) is 30.6 Å². The predicted molar refractivity (Wildman–Crippen MR) is 118 cm³/mol. The van der Waals surface area contributed by atoms with Crippen LogP contribution in [0.4, 0.5) is 11.8 Å². The summed E-state index contributed by atoms with van der Waals surface area (Å²) in [6, 6.07) is 6.57. The van der Waals surface area contributed by atoms with Crippen molar-refractivity contribution >= 4 is 27.5 Å². The normalized spacial score (nSPS) is 19.2. The molecular weight excluding hydrogens is 402 g/mol. The van der Waals surface area contributed by atoms with Crippen LogP contribution in [0.2, 0.25) is 0 Å². The molecule has 0 unspecified atom stereocenters. The first-order valence-corrected chi connectivity index (χ1v) is 11.9. The molecule has 3 rings (SSSR count). The number of amides is 1. The SMILES string of the molecule is Cc1cnc(NC2CCC(NC(=O)c3ccccc3S(C)(=O)=O)CC2)nc1N(C)C. The van der Waals surface area contributed by atoms with E-state index in [-0.39, 0.29) is 28.4 Å². The highest BCUT2D eigenvalue weighted by atomic mass is 32.2. The fourth-order valence-electron chi connectivity index (χ4n) is 3.76. The quantitative estimate of drug-likeness (QED) is 0.724.